The zero-order valence-corrected chi connectivity index (χ0v) is 11.7. The average Bonchev–Trinajstić information content (AvgIpc) is 2.29. The highest BCUT2D eigenvalue weighted by molar-refractivity contribution is 7.92. The molecule has 1 unspecified atom stereocenters. The molecule has 1 atom stereocenters. The van der Waals surface area contributed by atoms with E-state index in [1.807, 2.05) is 0 Å². The first kappa shape index (κ1) is 15.0. The second-order valence-electron chi connectivity index (χ2n) is 3.56. The Morgan fingerprint density at radius 1 is 1.44 bits per heavy atom. The molecule has 1 N–H and O–H groups in total. The first-order chi connectivity index (χ1) is 8.21. The topological polar surface area (TPSA) is 71.4 Å². The summed E-state index contributed by atoms with van der Waals surface area (Å²) in [6.07, 6.45) is 1.23. The van der Waals surface area contributed by atoms with Crippen molar-refractivity contribution in [2.24, 2.45) is 0 Å². The average molecular weight is 309 g/mol. The van der Waals surface area contributed by atoms with Crippen LogP contribution in [0.5, 0.6) is 0 Å². The van der Waals surface area contributed by atoms with Gasteiger partial charge in [0.15, 0.2) is 9.84 Å². The monoisotopic (exact) mass is 308 g/mol. The Kier molecular flexibility index (Phi) is 4.42. The molecule has 0 saturated carbocycles. The van der Waals surface area contributed by atoms with Gasteiger partial charge in [0.2, 0.25) is 0 Å². The molecule has 1 aromatic rings. The molecule has 98 valence electrons. The van der Waals surface area contributed by atoms with Gasteiger partial charge >= 0.3 is 5.97 Å². The van der Waals surface area contributed by atoms with Crippen LogP contribution in [0.3, 0.4) is 0 Å². The van der Waals surface area contributed by atoms with Crippen LogP contribution in [-0.4, -0.2) is 24.7 Å². The standard InChI is InChI=1S/C11H10Cl2O4S/c1-3-6(2)18(16,17)9-5-7(12)4-8(10(9)13)11(14)15/h3-6H,1H2,2H3,(H,14,15). The molecule has 1 aromatic carbocycles. The molecule has 0 spiro atoms. The summed E-state index contributed by atoms with van der Waals surface area (Å²) in [5.41, 5.74) is -0.348. The van der Waals surface area contributed by atoms with Crippen molar-refractivity contribution in [3.05, 3.63) is 40.4 Å². The minimum Gasteiger partial charge on any atom is -0.478 e. The molecule has 1 rings (SSSR count). The normalized spacial score (nSPS) is 13.1. The molecule has 0 radical (unpaired) electrons. The lowest BCUT2D eigenvalue weighted by atomic mass is 10.2. The van der Waals surface area contributed by atoms with Crippen molar-refractivity contribution in [3.63, 3.8) is 0 Å². The number of rotatable bonds is 4. The first-order valence-corrected chi connectivity index (χ1v) is 7.10. The molecule has 0 aliphatic heterocycles. The molecule has 0 aromatic heterocycles. The van der Waals surface area contributed by atoms with E-state index in [4.69, 9.17) is 28.3 Å². The maximum absolute atomic E-state index is 12.1. The number of aromatic carboxylic acids is 1. The second kappa shape index (κ2) is 5.30. The van der Waals surface area contributed by atoms with E-state index < -0.39 is 21.1 Å². The van der Waals surface area contributed by atoms with E-state index in [9.17, 15) is 13.2 Å². The number of hydrogen-bond acceptors (Lipinski definition) is 3. The fourth-order valence-corrected chi connectivity index (χ4v) is 3.35. The predicted molar refractivity (Wildman–Crippen MR) is 70.3 cm³/mol. The lowest BCUT2D eigenvalue weighted by molar-refractivity contribution is 0.0697. The van der Waals surface area contributed by atoms with E-state index in [-0.39, 0.29) is 20.5 Å². The van der Waals surface area contributed by atoms with Crippen LogP contribution in [0.1, 0.15) is 17.3 Å². The summed E-state index contributed by atoms with van der Waals surface area (Å²) in [4.78, 5) is 10.6. The third-order valence-corrected chi connectivity index (χ3v) is 5.21. The zero-order valence-electron chi connectivity index (χ0n) is 9.35. The van der Waals surface area contributed by atoms with Crippen LogP contribution in [-0.2, 0) is 9.84 Å². The van der Waals surface area contributed by atoms with Gasteiger partial charge in [-0.3, -0.25) is 0 Å². The van der Waals surface area contributed by atoms with E-state index in [1.54, 1.807) is 0 Å². The van der Waals surface area contributed by atoms with Crippen molar-refractivity contribution >= 4 is 39.0 Å². The summed E-state index contributed by atoms with van der Waals surface area (Å²) >= 11 is 11.5. The van der Waals surface area contributed by atoms with Crippen LogP contribution in [0.25, 0.3) is 0 Å². The Hall–Kier alpha value is -1.04. The number of halogens is 2. The fourth-order valence-electron chi connectivity index (χ4n) is 1.25. The van der Waals surface area contributed by atoms with Crippen LogP contribution in [0.4, 0.5) is 0 Å². The highest BCUT2D eigenvalue weighted by atomic mass is 35.5. The lowest BCUT2D eigenvalue weighted by Crippen LogP contribution is -2.16. The molecule has 18 heavy (non-hydrogen) atoms. The third kappa shape index (κ3) is 2.68. The molecular weight excluding hydrogens is 299 g/mol. The van der Waals surface area contributed by atoms with Gasteiger partial charge in [0, 0.05) is 5.02 Å². The zero-order chi connectivity index (χ0) is 14.1. The van der Waals surface area contributed by atoms with Gasteiger partial charge in [-0.05, 0) is 19.1 Å². The molecule has 0 heterocycles. The van der Waals surface area contributed by atoms with E-state index >= 15 is 0 Å². The largest absolute Gasteiger partial charge is 0.478 e. The van der Waals surface area contributed by atoms with Gasteiger partial charge in [-0.1, -0.05) is 29.3 Å². The van der Waals surface area contributed by atoms with E-state index in [0.29, 0.717) is 0 Å². The third-order valence-electron chi connectivity index (χ3n) is 2.36. The van der Waals surface area contributed by atoms with Crippen LogP contribution < -0.4 is 0 Å². The quantitative estimate of drug-likeness (QED) is 0.868. The van der Waals surface area contributed by atoms with Crippen molar-refractivity contribution in [1.29, 1.82) is 0 Å². The molecular formula is C11H10Cl2O4S. The van der Waals surface area contributed by atoms with E-state index in [1.165, 1.54) is 13.0 Å². The minimum atomic E-state index is -3.80. The van der Waals surface area contributed by atoms with Crippen molar-refractivity contribution in [1.82, 2.24) is 0 Å². The van der Waals surface area contributed by atoms with Crippen molar-refractivity contribution in [2.45, 2.75) is 17.1 Å². The van der Waals surface area contributed by atoms with Crippen LogP contribution in [0.2, 0.25) is 10.0 Å². The number of carboxylic acid groups (broad SMARTS) is 1. The maximum atomic E-state index is 12.1. The predicted octanol–water partition coefficient (Wildman–Crippen LogP) is 3.04. The van der Waals surface area contributed by atoms with Gasteiger partial charge < -0.3 is 5.11 Å². The second-order valence-corrected chi connectivity index (χ2v) is 6.64. The number of hydrogen-bond donors (Lipinski definition) is 1. The summed E-state index contributed by atoms with van der Waals surface area (Å²) in [5, 5.41) is 7.67. The van der Waals surface area contributed by atoms with Gasteiger partial charge in [0.05, 0.1) is 20.7 Å². The van der Waals surface area contributed by atoms with Crippen LogP contribution >= 0.6 is 23.2 Å². The Labute approximate surface area is 115 Å². The Morgan fingerprint density at radius 2 is 2.00 bits per heavy atom. The van der Waals surface area contributed by atoms with Gasteiger partial charge in [-0.25, -0.2) is 13.2 Å². The highest BCUT2D eigenvalue weighted by Gasteiger charge is 2.27. The molecule has 4 nitrogen and oxygen atoms in total. The number of sulfone groups is 1. The summed E-state index contributed by atoms with van der Waals surface area (Å²) in [6.45, 7) is 4.81. The van der Waals surface area contributed by atoms with Crippen molar-refractivity contribution in [2.75, 3.05) is 0 Å². The maximum Gasteiger partial charge on any atom is 0.337 e. The van der Waals surface area contributed by atoms with Crippen LogP contribution in [0.15, 0.2) is 29.7 Å². The summed E-state index contributed by atoms with van der Waals surface area (Å²) < 4.78 is 24.2. The number of carbonyl (C=O) groups is 1. The smallest absolute Gasteiger partial charge is 0.337 e. The summed E-state index contributed by atoms with van der Waals surface area (Å²) in [6, 6.07) is 2.23. The van der Waals surface area contributed by atoms with Gasteiger partial charge in [-0.15, -0.1) is 6.58 Å². The van der Waals surface area contributed by atoms with E-state index in [2.05, 4.69) is 6.58 Å². The molecule has 0 fully saturated rings. The molecule has 0 saturated heterocycles. The SMILES string of the molecule is C=CC(C)S(=O)(=O)c1cc(Cl)cc(C(=O)O)c1Cl. The minimum absolute atomic E-state index is 0.00774. The Morgan fingerprint density at radius 3 is 2.44 bits per heavy atom. The fraction of sp³-hybridized carbons (Fsp3) is 0.182. The summed E-state index contributed by atoms with van der Waals surface area (Å²) in [5.74, 6) is -1.34. The van der Waals surface area contributed by atoms with E-state index in [0.717, 1.165) is 12.1 Å². The summed E-state index contributed by atoms with van der Waals surface area (Å²) in [7, 11) is -3.80. The first-order valence-electron chi connectivity index (χ1n) is 4.80. The Balaban J connectivity index is 3.62. The van der Waals surface area contributed by atoms with Gasteiger partial charge in [0.1, 0.15) is 0 Å². The number of benzene rings is 1. The molecule has 0 aliphatic rings. The van der Waals surface area contributed by atoms with Crippen molar-refractivity contribution < 1.29 is 18.3 Å². The molecule has 7 heteroatoms. The number of carboxylic acids is 1. The van der Waals surface area contributed by atoms with Gasteiger partial charge in [-0.2, -0.15) is 0 Å². The van der Waals surface area contributed by atoms with Gasteiger partial charge in [0.25, 0.3) is 0 Å². The lowest BCUT2D eigenvalue weighted by Gasteiger charge is -2.12. The Bertz CT molecular complexity index is 608. The molecule has 0 bridgehead atoms. The molecule has 0 aliphatic carbocycles. The van der Waals surface area contributed by atoms with Crippen LogP contribution in [0, 0.1) is 0 Å². The molecule has 0 amide bonds. The highest BCUT2D eigenvalue weighted by Crippen LogP contribution is 2.31. The van der Waals surface area contributed by atoms with Crippen molar-refractivity contribution in [3.8, 4) is 0 Å².